The highest BCUT2D eigenvalue weighted by Crippen LogP contribution is 2.29. The molecule has 0 radical (unpaired) electrons. The Labute approximate surface area is 125 Å². The van der Waals surface area contributed by atoms with Crippen molar-refractivity contribution in [2.24, 2.45) is 11.8 Å². The van der Waals surface area contributed by atoms with Crippen molar-refractivity contribution in [1.82, 2.24) is 5.32 Å². The summed E-state index contributed by atoms with van der Waals surface area (Å²) in [6.45, 7) is 8.10. The number of nitrogens with one attached hydrogen (secondary N) is 1. The Kier molecular flexibility index (Phi) is 4.66. The van der Waals surface area contributed by atoms with Crippen LogP contribution in [0.3, 0.4) is 0 Å². The molecule has 1 amide bonds. The van der Waals surface area contributed by atoms with E-state index in [1.807, 2.05) is 32.0 Å². The fourth-order valence-corrected chi connectivity index (χ4v) is 2.67. The van der Waals surface area contributed by atoms with Crippen LogP contribution in [0, 0.1) is 18.8 Å². The third kappa shape index (κ3) is 3.43. The Bertz CT molecular complexity index is 551. The van der Waals surface area contributed by atoms with E-state index >= 15 is 0 Å². The van der Waals surface area contributed by atoms with E-state index in [-0.39, 0.29) is 17.8 Å². The summed E-state index contributed by atoms with van der Waals surface area (Å²) in [6.07, 6.45) is 0.900. The molecule has 0 bridgehead atoms. The summed E-state index contributed by atoms with van der Waals surface area (Å²) >= 11 is 0. The van der Waals surface area contributed by atoms with Gasteiger partial charge in [-0.3, -0.25) is 9.59 Å². The van der Waals surface area contributed by atoms with Crippen LogP contribution in [0.25, 0.3) is 0 Å². The second-order valence-electron chi connectivity index (χ2n) is 6.12. The highest BCUT2D eigenvalue weighted by molar-refractivity contribution is 5.99. The van der Waals surface area contributed by atoms with Crippen molar-refractivity contribution in [3.8, 4) is 0 Å². The predicted octanol–water partition coefficient (Wildman–Crippen LogP) is 3.35. The number of hydrogen-bond acceptors (Lipinski definition) is 3. The van der Waals surface area contributed by atoms with Gasteiger partial charge in [-0.05, 0) is 31.7 Å². The van der Waals surface area contributed by atoms with Crippen molar-refractivity contribution < 1.29 is 14.3 Å². The summed E-state index contributed by atoms with van der Waals surface area (Å²) < 4.78 is 5.53. The molecule has 0 saturated heterocycles. The van der Waals surface area contributed by atoms with Crippen molar-refractivity contribution in [3.05, 3.63) is 34.9 Å². The van der Waals surface area contributed by atoms with Crippen LogP contribution >= 0.6 is 0 Å². The molecule has 2 atom stereocenters. The first-order valence-electron chi connectivity index (χ1n) is 7.54. The van der Waals surface area contributed by atoms with Crippen LogP contribution in [0.1, 0.15) is 61.3 Å². The monoisotopic (exact) mass is 289 g/mol. The molecule has 0 fully saturated rings. The molecule has 1 aromatic carbocycles. The molecule has 1 aromatic rings. The van der Waals surface area contributed by atoms with Crippen LogP contribution in [0.15, 0.2) is 18.2 Å². The maximum absolute atomic E-state index is 12.3. The van der Waals surface area contributed by atoms with Gasteiger partial charge >= 0.3 is 5.97 Å². The Morgan fingerprint density at radius 1 is 1.38 bits per heavy atom. The summed E-state index contributed by atoms with van der Waals surface area (Å²) in [5.74, 6) is -0.0830. The fraction of sp³-hybridized carbons (Fsp3) is 0.529. The lowest BCUT2D eigenvalue weighted by Crippen LogP contribution is -2.27. The minimum atomic E-state index is -0.651. The van der Waals surface area contributed by atoms with Gasteiger partial charge in [0.2, 0.25) is 6.23 Å². The van der Waals surface area contributed by atoms with E-state index in [1.54, 1.807) is 0 Å². The standard InChI is InChI=1S/C17H23NO3/c1-5-12(8-10(2)3)17(20)21-16-13-7-6-11(4)9-14(13)15(19)18-16/h6-7,9-10,12,16H,5,8H2,1-4H3,(H,18,19). The van der Waals surface area contributed by atoms with Crippen LogP contribution in [-0.4, -0.2) is 11.9 Å². The molecular formula is C17H23NO3. The Morgan fingerprint density at radius 2 is 2.10 bits per heavy atom. The normalized spacial score (nSPS) is 18.3. The molecular weight excluding hydrogens is 266 g/mol. The maximum Gasteiger partial charge on any atom is 0.311 e. The Hall–Kier alpha value is -1.84. The van der Waals surface area contributed by atoms with Gasteiger partial charge in [0.15, 0.2) is 0 Å². The van der Waals surface area contributed by atoms with Crippen LogP contribution in [0.2, 0.25) is 0 Å². The zero-order valence-electron chi connectivity index (χ0n) is 13.1. The zero-order chi connectivity index (χ0) is 15.6. The summed E-state index contributed by atoms with van der Waals surface area (Å²) in [7, 11) is 0. The summed E-state index contributed by atoms with van der Waals surface area (Å²) in [6, 6.07) is 5.60. The van der Waals surface area contributed by atoms with Crippen LogP contribution < -0.4 is 5.32 Å². The molecule has 0 spiro atoms. The molecule has 0 aliphatic carbocycles. The molecule has 114 valence electrons. The van der Waals surface area contributed by atoms with E-state index in [1.165, 1.54) is 0 Å². The first-order chi connectivity index (χ1) is 9.92. The molecule has 1 aliphatic rings. The lowest BCUT2D eigenvalue weighted by atomic mass is 9.95. The van der Waals surface area contributed by atoms with Crippen molar-refractivity contribution in [2.45, 2.75) is 46.8 Å². The maximum atomic E-state index is 12.3. The molecule has 21 heavy (non-hydrogen) atoms. The first-order valence-corrected chi connectivity index (χ1v) is 7.54. The minimum Gasteiger partial charge on any atom is -0.437 e. The number of esters is 1. The van der Waals surface area contributed by atoms with Gasteiger partial charge in [-0.1, -0.05) is 38.5 Å². The SMILES string of the molecule is CCC(CC(C)C)C(=O)OC1NC(=O)c2cc(C)ccc21. The summed E-state index contributed by atoms with van der Waals surface area (Å²) in [5, 5.41) is 2.73. The van der Waals surface area contributed by atoms with Gasteiger partial charge in [-0.25, -0.2) is 0 Å². The largest absolute Gasteiger partial charge is 0.437 e. The molecule has 2 rings (SSSR count). The molecule has 1 aliphatic heterocycles. The number of carbonyl (C=O) groups is 2. The topological polar surface area (TPSA) is 55.4 Å². The Morgan fingerprint density at radius 3 is 2.71 bits per heavy atom. The average Bonchev–Trinajstić information content (AvgIpc) is 2.72. The van der Waals surface area contributed by atoms with Gasteiger partial charge < -0.3 is 10.1 Å². The number of rotatable bonds is 5. The van der Waals surface area contributed by atoms with E-state index < -0.39 is 6.23 Å². The zero-order valence-corrected chi connectivity index (χ0v) is 13.1. The van der Waals surface area contributed by atoms with Crippen molar-refractivity contribution in [2.75, 3.05) is 0 Å². The second-order valence-corrected chi connectivity index (χ2v) is 6.12. The lowest BCUT2D eigenvalue weighted by Gasteiger charge is -2.19. The van der Waals surface area contributed by atoms with Gasteiger partial charge in [0.05, 0.1) is 5.92 Å². The second kappa shape index (κ2) is 6.29. The predicted molar refractivity (Wildman–Crippen MR) is 80.7 cm³/mol. The molecule has 1 N–H and O–H groups in total. The molecule has 1 heterocycles. The number of hydrogen-bond donors (Lipinski definition) is 1. The number of amides is 1. The quantitative estimate of drug-likeness (QED) is 0.846. The van der Waals surface area contributed by atoms with Crippen molar-refractivity contribution in [3.63, 3.8) is 0 Å². The lowest BCUT2D eigenvalue weighted by molar-refractivity contribution is -0.156. The molecule has 2 unspecified atom stereocenters. The number of carbonyl (C=O) groups excluding carboxylic acids is 2. The van der Waals surface area contributed by atoms with Crippen LogP contribution in [0.5, 0.6) is 0 Å². The number of aryl methyl sites for hydroxylation is 1. The molecule has 0 aromatic heterocycles. The van der Waals surface area contributed by atoms with E-state index in [2.05, 4.69) is 19.2 Å². The highest BCUT2D eigenvalue weighted by Gasteiger charge is 2.32. The van der Waals surface area contributed by atoms with Gasteiger partial charge in [-0.2, -0.15) is 0 Å². The van der Waals surface area contributed by atoms with E-state index in [0.29, 0.717) is 11.5 Å². The third-order valence-electron chi connectivity index (χ3n) is 3.81. The van der Waals surface area contributed by atoms with Gasteiger partial charge in [-0.15, -0.1) is 0 Å². The van der Waals surface area contributed by atoms with E-state index in [4.69, 9.17) is 4.74 Å². The van der Waals surface area contributed by atoms with Gasteiger partial charge in [0, 0.05) is 11.1 Å². The summed E-state index contributed by atoms with van der Waals surface area (Å²) in [5.41, 5.74) is 2.37. The Balaban J connectivity index is 2.11. The van der Waals surface area contributed by atoms with Crippen molar-refractivity contribution >= 4 is 11.9 Å². The molecule has 0 saturated carbocycles. The minimum absolute atomic E-state index is 0.114. The summed E-state index contributed by atoms with van der Waals surface area (Å²) in [4.78, 5) is 24.2. The van der Waals surface area contributed by atoms with Crippen LogP contribution in [-0.2, 0) is 9.53 Å². The van der Waals surface area contributed by atoms with Gasteiger partial charge in [0.25, 0.3) is 5.91 Å². The van der Waals surface area contributed by atoms with Gasteiger partial charge in [0.1, 0.15) is 0 Å². The smallest absolute Gasteiger partial charge is 0.311 e. The van der Waals surface area contributed by atoms with E-state index in [9.17, 15) is 9.59 Å². The van der Waals surface area contributed by atoms with Crippen LogP contribution in [0.4, 0.5) is 0 Å². The number of ether oxygens (including phenoxy) is 1. The average molecular weight is 289 g/mol. The fourth-order valence-electron chi connectivity index (χ4n) is 2.67. The van der Waals surface area contributed by atoms with Crippen molar-refractivity contribution in [1.29, 1.82) is 0 Å². The first kappa shape index (κ1) is 15.5. The number of fused-ring (bicyclic) bond motifs is 1. The number of benzene rings is 1. The molecule has 4 nitrogen and oxygen atoms in total. The third-order valence-corrected chi connectivity index (χ3v) is 3.81. The highest BCUT2D eigenvalue weighted by atomic mass is 16.6. The molecule has 4 heteroatoms. The van der Waals surface area contributed by atoms with E-state index in [0.717, 1.165) is 24.0 Å².